The summed E-state index contributed by atoms with van der Waals surface area (Å²) in [6, 6.07) is 12.7. The number of phenolic OH excluding ortho intramolecular Hbond substituents is 1. The van der Waals surface area contributed by atoms with Crippen molar-refractivity contribution in [1.29, 1.82) is 0 Å². The SMILES string of the molecule is CC(=O)Nc1cc([As](=O)(O)OC(=O)[C@@H](C)Cc2ccccc2)ccc1O. The van der Waals surface area contributed by atoms with E-state index in [0.717, 1.165) is 17.7 Å². The summed E-state index contributed by atoms with van der Waals surface area (Å²) in [6.45, 7) is 2.85. The molecule has 0 heterocycles. The third-order valence-corrected chi connectivity index (χ3v) is 6.47. The van der Waals surface area contributed by atoms with Gasteiger partial charge in [-0.2, -0.15) is 0 Å². The zero-order valence-corrected chi connectivity index (χ0v) is 16.3. The van der Waals surface area contributed by atoms with Gasteiger partial charge in [0, 0.05) is 0 Å². The van der Waals surface area contributed by atoms with Crippen LogP contribution in [0.25, 0.3) is 0 Å². The molecule has 0 saturated heterocycles. The van der Waals surface area contributed by atoms with Gasteiger partial charge in [0.25, 0.3) is 0 Å². The van der Waals surface area contributed by atoms with Gasteiger partial charge < -0.3 is 0 Å². The van der Waals surface area contributed by atoms with Gasteiger partial charge in [0.1, 0.15) is 0 Å². The predicted octanol–water partition coefficient (Wildman–Crippen LogP) is 1.34. The molecular weight excluding hydrogens is 401 g/mol. The van der Waals surface area contributed by atoms with Crippen LogP contribution >= 0.6 is 0 Å². The van der Waals surface area contributed by atoms with Gasteiger partial charge in [-0.3, -0.25) is 0 Å². The van der Waals surface area contributed by atoms with Crippen molar-refractivity contribution in [3.63, 3.8) is 0 Å². The number of phenols is 1. The van der Waals surface area contributed by atoms with Gasteiger partial charge in [0.05, 0.1) is 0 Å². The third-order valence-electron chi connectivity index (χ3n) is 3.62. The number of rotatable bonds is 6. The number of hydrogen-bond acceptors (Lipinski definition) is 5. The number of hydrogen-bond donors (Lipinski definition) is 3. The molecule has 1 amide bonds. The molecule has 0 aliphatic heterocycles. The molecule has 2 aromatic carbocycles. The number of amides is 1. The first-order chi connectivity index (χ1) is 12.2. The molecule has 0 saturated carbocycles. The van der Waals surface area contributed by atoms with Crippen molar-refractivity contribution >= 4 is 36.1 Å². The molecule has 0 aliphatic carbocycles. The Kier molecular flexibility index (Phi) is 6.29. The van der Waals surface area contributed by atoms with Crippen molar-refractivity contribution in [3.05, 3.63) is 54.1 Å². The Balaban J connectivity index is 2.13. The van der Waals surface area contributed by atoms with Crippen LogP contribution in [-0.2, 0) is 23.5 Å². The molecule has 2 aromatic rings. The van der Waals surface area contributed by atoms with E-state index in [1.165, 1.54) is 13.0 Å². The molecule has 0 spiro atoms. The average Bonchev–Trinajstić information content (AvgIpc) is 2.56. The molecule has 0 bridgehead atoms. The van der Waals surface area contributed by atoms with Gasteiger partial charge >= 0.3 is 154 Å². The number of carbonyl (C=O) groups is 2. The van der Waals surface area contributed by atoms with E-state index >= 15 is 0 Å². The number of carbonyl (C=O) groups excluding carboxylic acids is 2. The van der Waals surface area contributed by atoms with Gasteiger partial charge in [-0.15, -0.1) is 0 Å². The Morgan fingerprint density at radius 3 is 2.46 bits per heavy atom. The fourth-order valence-corrected chi connectivity index (χ4v) is 4.58. The molecule has 1 unspecified atom stereocenters. The maximum absolute atomic E-state index is 12.5. The second-order valence-electron chi connectivity index (χ2n) is 5.90. The second-order valence-corrected chi connectivity index (χ2v) is 9.55. The maximum atomic E-state index is 12.5. The Morgan fingerprint density at radius 1 is 1.19 bits per heavy atom. The van der Waals surface area contributed by atoms with E-state index in [0.29, 0.717) is 6.42 Å². The van der Waals surface area contributed by atoms with Crippen LogP contribution in [0, 0.1) is 5.92 Å². The standard InChI is InChI=1S/C18H20AsNO6/c1-12(10-14-6-4-3-5-7-14)18(23)26-19(24,25)15-8-9-17(22)16(11-15)20-13(2)21/h3-9,11-12,22H,10H2,1-2H3,(H,20,21)(H,24,25)/t12-/m0/s1. The third kappa shape index (κ3) is 5.25. The summed E-state index contributed by atoms with van der Waals surface area (Å²) in [6.07, 6.45) is 0.377. The van der Waals surface area contributed by atoms with Crippen LogP contribution in [0.2, 0.25) is 0 Å². The van der Waals surface area contributed by atoms with Crippen LogP contribution in [0.3, 0.4) is 0 Å². The van der Waals surface area contributed by atoms with Crippen molar-refractivity contribution in [2.24, 2.45) is 5.92 Å². The van der Waals surface area contributed by atoms with Crippen LogP contribution in [-0.4, -0.2) is 35.3 Å². The molecule has 3 N–H and O–H groups in total. The van der Waals surface area contributed by atoms with E-state index in [4.69, 9.17) is 3.73 Å². The van der Waals surface area contributed by atoms with Crippen LogP contribution in [0.1, 0.15) is 19.4 Å². The van der Waals surface area contributed by atoms with Crippen molar-refractivity contribution in [1.82, 2.24) is 0 Å². The molecule has 2 rings (SSSR count). The number of benzene rings is 2. The normalized spacial score (nSPS) is 14.1. The molecule has 8 heteroatoms. The molecule has 0 fully saturated rings. The Morgan fingerprint density at radius 2 is 1.85 bits per heavy atom. The summed E-state index contributed by atoms with van der Waals surface area (Å²) >= 11 is -5.18. The first-order valence-corrected chi connectivity index (χ1v) is 11.2. The van der Waals surface area contributed by atoms with Gasteiger partial charge in [-0.25, -0.2) is 0 Å². The summed E-state index contributed by atoms with van der Waals surface area (Å²) < 4.78 is 27.5. The summed E-state index contributed by atoms with van der Waals surface area (Å²) in [5.41, 5.74) is 0.883. The fourth-order valence-electron chi connectivity index (χ4n) is 2.31. The predicted molar refractivity (Wildman–Crippen MR) is 96.1 cm³/mol. The molecule has 138 valence electrons. The zero-order chi connectivity index (χ0) is 19.3. The molecular formula is C18H20AsNO6. The van der Waals surface area contributed by atoms with Crippen LogP contribution in [0.5, 0.6) is 5.75 Å². The van der Waals surface area contributed by atoms with E-state index in [-0.39, 0.29) is 15.8 Å². The first kappa shape index (κ1) is 19.8. The minimum absolute atomic E-state index is 0.0286. The van der Waals surface area contributed by atoms with E-state index in [1.54, 1.807) is 6.92 Å². The number of anilines is 1. The molecule has 0 aromatic heterocycles. The molecule has 7 nitrogen and oxygen atoms in total. The van der Waals surface area contributed by atoms with Crippen molar-refractivity contribution in [3.8, 4) is 5.75 Å². The zero-order valence-electron chi connectivity index (χ0n) is 14.4. The monoisotopic (exact) mass is 421 g/mol. The number of nitrogens with one attached hydrogen (secondary N) is 1. The average molecular weight is 421 g/mol. The molecule has 26 heavy (non-hydrogen) atoms. The summed E-state index contributed by atoms with van der Waals surface area (Å²) in [4.78, 5) is 23.3. The molecule has 2 atom stereocenters. The van der Waals surface area contributed by atoms with Crippen molar-refractivity contribution in [2.45, 2.75) is 20.3 Å². The van der Waals surface area contributed by atoms with E-state index in [2.05, 4.69) is 5.32 Å². The fraction of sp³-hybridized carbons (Fsp3) is 0.222. The Labute approximate surface area is 154 Å². The minimum atomic E-state index is -5.18. The Hall–Kier alpha value is -2.50. The van der Waals surface area contributed by atoms with Gasteiger partial charge in [-0.1, -0.05) is 0 Å². The van der Waals surface area contributed by atoms with Crippen molar-refractivity contribution < 1.29 is 26.3 Å². The topological polar surface area (TPSA) is 113 Å². The van der Waals surface area contributed by atoms with Crippen LogP contribution in [0.4, 0.5) is 5.69 Å². The van der Waals surface area contributed by atoms with Crippen LogP contribution in [0.15, 0.2) is 48.5 Å². The summed E-state index contributed by atoms with van der Waals surface area (Å²) in [7, 11) is 0. The van der Waals surface area contributed by atoms with Gasteiger partial charge in [-0.05, 0) is 0 Å². The van der Waals surface area contributed by atoms with Crippen LogP contribution < -0.4 is 9.67 Å². The van der Waals surface area contributed by atoms with Gasteiger partial charge in [0.2, 0.25) is 0 Å². The van der Waals surface area contributed by atoms with Gasteiger partial charge in [0.15, 0.2) is 0 Å². The number of aromatic hydroxyl groups is 1. The van der Waals surface area contributed by atoms with E-state index < -0.39 is 32.0 Å². The molecule has 0 radical (unpaired) electrons. The van der Waals surface area contributed by atoms with Crippen molar-refractivity contribution in [2.75, 3.05) is 5.32 Å². The Bertz CT molecular complexity index is 852. The summed E-state index contributed by atoms with van der Waals surface area (Å²) in [5.74, 6) is -2.10. The first-order valence-electron chi connectivity index (χ1n) is 7.90. The second kappa shape index (κ2) is 8.25. The van der Waals surface area contributed by atoms with E-state index in [1.807, 2.05) is 30.3 Å². The van der Waals surface area contributed by atoms with E-state index in [9.17, 15) is 22.5 Å². The molecule has 0 aliphatic rings. The quantitative estimate of drug-likeness (QED) is 0.480. The summed E-state index contributed by atoms with van der Waals surface area (Å²) in [5, 5.41) is 12.0.